The zero-order valence-corrected chi connectivity index (χ0v) is 17.2. The van der Waals surface area contributed by atoms with Gasteiger partial charge in [-0.2, -0.15) is 0 Å². The van der Waals surface area contributed by atoms with Crippen LogP contribution < -0.4 is 10.6 Å². The van der Waals surface area contributed by atoms with E-state index >= 15 is 0 Å². The lowest BCUT2D eigenvalue weighted by Crippen LogP contribution is -2.36. The highest BCUT2D eigenvalue weighted by molar-refractivity contribution is 6.05. The van der Waals surface area contributed by atoms with E-state index in [4.69, 9.17) is 9.15 Å². The number of nitro benzene ring substituents is 1. The molecule has 0 bridgehead atoms. The van der Waals surface area contributed by atoms with Crippen LogP contribution in [0.2, 0.25) is 0 Å². The topological polar surface area (TPSA) is 124 Å². The fourth-order valence-corrected chi connectivity index (χ4v) is 2.80. The molecule has 164 valence electrons. The number of benzene rings is 2. The molecule has 9 heteroatoms. The summed E-state index contributed by atoms with van der Waals surface area (Å²) in [6.45, 7) is 0.564. The fraction of sp³-hybridized carbons (Fsp3) is 0.130. The highest BCUT2D eigenvalue weighted by Crippen LogP contribution is 2.26. The molecule has 1 heterocycles. The van der Waals surface area contributed by atoms with Gasteiger partial charge in [-0.1, -0.05) is 30.3 Å². The Kier molecular flexibility index (Phi) is 7.50. The molecule has 3 aromatic rings. The van der Waals surface area contributed by atoms with Crippen LogP contribution in [0.3, 0.4) is 0 Å². The van der Waals surface area contributed by atoms with Gasteiger partial charge in [0.2, 0.25) is 0 Å². The van der Waals surface area contributed by atoms with Crippen LogP contribution in [0.1, 0.15) is 16.1 Å². The molecule has 9 nitrogen and oxygen atoms in total. The van der Waals surface area contributed by atoms with Gasteiger partial charge in [-0.15, -0.1) is 0 Å². The highest BCUT2D eigenvalue weighted by Gasteiger charge is 2.16. The standard InChI is InChI=1S/C23H21N3O6/c1-31-13-12-24-23(28)20(25-22(27)16-6-3-2-4-7-16)15-19-10-11-21(32-19)17-8-5-9-18(14-17)26(29)30/h2-11,14-15H,12-13H2,1H3,(H,24,28)(H,25,27)/b20-15+. The molecule has 2 amide bonds. The van der Waals surface area contributed by atoms with Crippen molar-refractivity contribution in [2.24, 2.45) is 0 Å². The Hall–Kier alpha value is -4.24. The first-order valence-electron chi connectivity index (χ1n) is 9.68. The maximum Gasteiger partial charge on any atom is 0.270 e. The smallest absolute Gasteiger partial charge is 0.270 e. The molecule has 3 rings (SSSR count). The predicted octanol–water partition coefficient (Wildman–Crippen LogP) is 3.39. The average molecular weight is 435 g/mol. The molecule has 0 fully saturated rings. The number of rotatable bonds is 9. The molecule has 0 spiro atoms. The Morgan fingerprint density at radius 2 is 1.88 bits per heavy atom. The van der Waals surface area contributed by atoms with Gasteiger partial charge in [-0.3, -0.25) is 19.7 Å². The van der Waals surface area contributed by atoms with Crippen molar-refractivity contribution in [2.75, 3.05) is 20.3 Å². The van der Waals surface area contributed by atoms with E-state index < -0.39 is 16.7 Å². The minimum Gasteiger partial charge on any atom is -0.457 e. The lowest BCUT2D eigenvalue weighted by molar-refractivity contribution is -0.384. The largest absolute Gasteiger partial charge is 0.457 e. The van der Waals surface area contributed by atoms with Gasteiger partial charge in [0.05, 0.1) is 11.5 Å². The third-order valence-corrected chi connectivity index (χ3v) is 4.38. The Bertz CT molecular complexity index is 1140. The van der Waals surface area contributed by atoms with Gasteiger partial charge in [0, 0.05) is 43.0 Å². The molecule has 32 heavy (non-hydrogen) atoms. The van der Waals surface area contributed by atoms with Crippen molar-refractivity contribution in [1.29, 1.82) is 0 Å². The van der Waals surface area contributed by atoms with E-state index in [0.29, 0.717) is 23.5 Å². The molecule has 0 unspecified atom stereocenters. The summed E-state index contributed by atoms with van der Waals surface area (Å²) in [5.74, 6) is -0.297. The van der Waals surface area contributed by atoms with E-state index in [1.54, 1.807) is 54.6 Å². The Morgan fingerprint density at radius 3 is 2.59 bits per heavy atom. The van der Waals surface area contributed by atoms with Crippen LogP contribution in [0.4, 0.5) is 5.69 Å². The molecule has 1 aromatic heterocycles. The number of methoxy groups -OCH3 is 1. The molecule has 0 atom stereocenters. The summed E-state index contributed by atoms with van der Waals surface area (Å²) in [6, 6.07) is 17.7. The monoisotopic (exact) mass is 435 g/mol. The second-order valence-electron chi connectivity index (χ2n) is 6.64. The lowest BCUT2D eigenvalue weighted by atomic mass is 10.1. The van der Waals surface area contributed by atoms with Gasteiger partial charge in [-0.05, 0) is 24.3 Å². The molecule has 0 aliphatic carbocycles. The van der Waals surface area contributed by atoms with Crippen molar-refractivity contribution in [3.63, 3.8) is 0 Å². The van der Waals surface area contributed by atoms with Crippen LogP contribution in [0.15, 0.2) is 76.8 Å². The van der Waals surface area contributed by atoms with Gasteiger partial charge >= 0.3 is 0 Å². The normalized spacial score (nSPS) is 11.1. The van der Waals surface area contributed by atoms with Crippen LogP contribution >= 0.6 is 0 Å². The third kappa shape index (κ3) is 5.89. The molecule has 2 N–H and O–H groups in total. The Morgan fingerprint density at radius 1 is 1.09 bits per heavy atom. The summed E-state index contributed by atoms with van der Waals surface area (Å²) in [4.78, 5) is 35.7. The molecule has 0 aliphatic rings. The van der Waals surface area contributed by atoms with E-state index in [9.17, 15) is 19.7 Å². The maximum atomic E-state index is 12.6. The quantitative estimate of drug-likeness (QED) is 0.230. The van der Waals surface area contributed by atoms with E-state index in [1.807, 2.05) is 0 Å². The van der Waals surface area contributed by atoms with Crippen molar-refractivity contribution in [3.05, 3.63) is 93.9 Å². The van der Waals surface area contributed by atoms with Crippen LogP contribution in [0.25, 0.3) is 17.4 Å². The number of amides is 2. The Labute approximate surface area is 183 Å². The number of nitro groups is 1. The number of furan rings is 1. The molecular formula is C23H21N3O6. The molecule has 0 radical (unpaired) electrons. The zero-order chi connectivity index (χ0) is 22.9. The highest BCUT2D eigenvalue weighted by atomic mass is 16.6. The first-order chi connectivity index (χ1) is 15.5. The van der Waals surface area contributed by atoms with Crippen LogP contribution in [-0.4, -0.2) is 37.0 Å². The summed E-state index contributed by atoms with van der Waals surface area (Å²) in [7, 11) is 1.51. The average Bonchev–Trinajstić information content (AvgIpc) is 3.28. The second-order valence-corrected chi connectivity index (χ2v) is 6.64. The summed E-state index contributed by atoms with van der Waals surface area (Å²) in [5.41, 5.74) is 0.817. The lowest BCUT2D eigenvalue weighted by Gasteiger charge is -2.10. The van der Waals surface area contributed by atoms with Gasteiger partial charge in [0.15, 0.2) is 0 Å². The third-order valence-electron chi connectivity index (χ3n) is 4.38. The Balaban J connectivity index is 1.86. The number of hydrogen-bond donors (Lipinski definition) is 2. The van der Waals surface area contributed by atoms with Crippen molar-refractivity contribution in [3.8, 4) is 11.3 Å². The summed E-state index contributed by atoms with van der Waals surface area (Å²) in [5, 5.41) is 16.3. The van der Waals surface area contributed by atoms with Gasteiger partial charge in [-0.25, -0.2) is 0 Å². The van der Waals surface area contributed by atoms with E-state index in [1.165, 1.54) is 25.3 Å². The molecular weight excluding hydrogens is 414 g/mol. The molecule has 0 saturated carbocycles. The fourth-order valence-electron chi connectivity index (χ4n) is 2.80. The van der Waals surface area contributed by atoms with Gasteiger partial charge in [0.1, 0.15) is 17.2 Å². The second kappa shape index (κ2) is 10.7. The van der Waals surface area contributed by atoms with Crippen LogP contribution in [0, 0.1) is 10.1 Å². The maximum absolute atomic E-state index is 12.6. The number of carbonyl (C=O) groups excluding carboxylic acids is 2. The van der Waals surface area contributed by atoms with Gasteiger partial charge < -0.3 is 19.8 Å². The minimum atomic E-state index is -0.514. The molecule has 2 aromatic carbocycles. The summed E-state index contributed by atoms with van der Waals surface area (Å²) >= 11 is 0. The summed E-state index contributed by atoms with van der Waals surface area (Å²) in [6.07, 6.45) is 1.39. The van der Waals surface area contributed by atoms with Crippen molar-refractivity contribution >= 4 is 23.6 Å². The number of non-ortho nitro benzene ring substituents is 1. The van der Waals surface area contributed by atoms with Crippen molar-refractivity contribution in [2.45, 2.75) is 0 Å². The summed E-state index contributed by atoms with van der Waals surface area (Å²) < 4.78 is 10.7. The van der Waals surface area contributed by atoms with Crippen molar-refractivity contribution < 1.29 is 23.7 Å². The van der Waals surface area contributed by atoms with Gasteiger partial charge in [0.25, 0.3) is 17.5 Å². The zero-order valence-electron chi connectivity index (χ0n) is 17.2. The van der Waals surface area contributed by atoms with Crippen LogP contribution in [-0.2, 0) is 9.53 Å². The van der Waals surface area contributed by atoms with Crippen LogP contribution in [0.5, 0.6) is 0 Å². The number of carbonyl (C=O) groups is 2. The molecule has 0 saturated heterocycles. The predicted molar refractivity (Wildman–Crippen MR) is 118 cm³/mol. The van der Waals surface area contributed by atoms with E-state index in [2.05, 4.69) is 10.6 Å². The van der Waals surface area contributed by atoms with E-state index in [0.717, 1.165) is 0 Å². The minimum absolute atomic E-state index is 0.0186. The van der Waals surface area contributed by atoms with E-state index in [-0.39, 0.29) is 23.7 Å². The first kappa shape index (κ1) is 22.4. The van der Waals surface area contributed by atoms with Crippen molar-refractivity contribution in [1.82, 2.24) is 10.6 Å². The number of nitrogens with zero attached hydrogens (tertiary/aromatic N) is 1. The first-order valence-corrected chi connectivity index (χ1v) is 9.68. The molecule has 0 aliphatic heterocycles. The number of ether oxygens (including phenoxy) is 1. The number of hydrogen-bond acceptors (Lipinski definition) is 6. The SMILES string of the molecule is COCCNC(=O)/C(=C\c1ccc(-c2cccc([N+](=O)[O-])c2)o1)NC(=O)c1ccccc1. The number of nitrogens with one attached hydrogen (secondary N) is 2.